The number of aromatic nitrogens is 1. The summed E-state index contributed by atoms with van der Waals surface area (Å²) in [5, 5.41) is 18.7. The molecule has 2 rings (SSSR count). The van der Waals surface area contributed by atoms with Gasteiger partial charge in [-0.2, -0.15) is 5.26 Å². The maximum atomic E-state index is 8.85. The van der Waals surface area contributed by atoms with Crippen molar-refractivity contribution >= 4 is 10.9 Å². The maximum Gasteiger partial charge on any atom is 0.0992 e. The average molecular weight is 214 g/mol. The highest BCUT2D eigenvalue weighted by molar-refractivity contribution is 5.81. The van der Waals surface area contributed by atoms with Crippen LogP contribution in [0.4, 0.5) is 0 Å². The molecule has 0 spiro atoms. The first-order chi connectivity index (χ1) is 7.85. The molecule has 16 heavy (non-hydrogen) atoms. The van der Waals surface area contributed by atoms with E-state index in [1.165, 1.54) is 0 Å². The Hall–Kier alpha value is -1.79. The van der Waals surface area contributed by atoms with Crippen LogP contribution in [0, 0.1) is 11.3 Å². The van der Waals surface area contributed by atoms with Crippen LogP contribution in [0.1, 0.15) is 18.4 Å². The summed E-state index contributed by atoms with van der Waals surface area (Å²) in [4.78, 5) is 0. The molecule has 1 aromatic carbocycles. The molecule has 0 aliphatic heterocycles. The molecule has 0 saturated heterocycles. The molecular formula is C13H14N2O. The van der Waals surface area contributed by atoms with Crippen LogP contribution in [-0.4, -0.2) is 16.3 Å². The van der Waals surface area contributed by atoms with E-state index < -0.39 is 0 Å². The summed E-state index contributed by atoms with van der Waals surface area (Å²) < 4.78 is 2.13. The topological polar surface area (TPSA) is 49.0 Å². The Morgan fingerprint density at radius 2 is 2.12 bits per heavy atom. The van der Waals surface area contributed by atoms with Gasteiger partial charge >= 0.3 is 0 Å². The fourth-order valence-corrected chi connectivity index (χ4v) is 1.84. The van der Waals surface area contributed by atoms with Gasteiger partial charge in [0.2, 0.25) is 0 Å². The number of nitrogens with zero attached hydrogens (tertiary/aromatic N) is 2. The van der Waals surface area contributed by atoms with Crippen molar-refractivity contribution in [1.29, 1.82) is 5.26 Å². The molecule has 1 aromatic heterocycles. The predicted molar refractivity (Wildman–Crippen MR) is 63.0 cm³/mol. The second-order valence-electron chi connectivity index (χ2n) is 3.83. The summed E-state index contributed by atoms with van der Waals surface area (Å²) in [5.41, 5.74) is 1.78. The molecule has 0 radical (unpaired) electrons. The minimum absolute atomic E-state index is 0.239. The van der Waals surface area contributed by atoms with E-state index >= 15 is 0 Å². The van der Waals surface area contributed by atoms with Gasteiger partial charge < -0.3 is 9.67 Å². The largest absolute Gasteiger partial charge is 0.396 e. The molecule has 2 aromatic rings. The molecule has 0 saturated carbocycles. The fourth-order valence-electron chi connectivity index (χ4n) is 1.84. The summed E-state index contributed by atoms with van der Waals surface area (Å²) in [6.07, 6.45) is 3.80. The Bertz CT molecular complexity index is 522. The Kier molecular flexibility index (Phi) is 3.23. The van der Waals surface area contributed by atoms with E-state index in [0.29, 0.717) is 5.56 Å². The van der Waals surface area contributed by atoms with Crippen LogP contribution in [0.15, 0.2) is 30.5 Å². The molecule has 3 nitrogen and oxygen atoms in total. The van der Waals surface area contributed by atoms with Crippen LogP contribution in [0.5, 0.6) is 0 Å². The monoisotopic (exact) mass is 214 g/mol. The highest BCUT2D eigenvalue weighted by Gasteiger charge is 2.01. The molecule has 0 aliphatic rings. The number of fused-ring (bicyclic) bond motifs is 1. The summed E-state index contributed by atoms with van der Waals surface area (Å²) in [6, 6.07) is 9.91. The molecular weight excluding hydrogens is 200 g/mol. The maximum absolute atomic E-state index is 8.85. The lowest BCUT2D eigenvalue weighted by molar-refractivity contribution is 0.281. The second-order valence-corrected chi connectivity index (χ2v) is 3.83. The summed E-state index contributed by atoms with van der Waals surface area (Å²) in [7, 11) is 0. The van der Waals surface area contributed by atoms with Gasteiger partial charge in [-0.05, 0) is 36.4 Å². The van der Waals surface area contributed by atoms with Crippen molar-refractivity contribution in [2.24, 2.45) is 0 Å². The molecule has 82 valence electrons. The van der Waals surface area contributed by atoms with E-state index in [4.69, 9.17) is 10.4 Å². The number of unbranched alkanes of at least 4 members (excludes halogenated alkanes) is 1. The van der Waals surface area contributed by atoms with Gasteiger partial charge in [0.1, 0.15) is 0 Å². The number of aliphatic hydroxyl groups is 1. The van der Waals surface area contributed by atoms with Crippen LogP contribution < -0.4 is 0 Å². The van der Waals surface area contributed by atoms with Gasteiger partial charge in [0.25, 0.3) is 0 Å². The number of hydrogen-bond acceptors (Lipinski definition) is 2. The van der Waals surface area contributed by atoms with E-state index in [1.807, 2.05) is 24.4 Å². The van der Waals surface area contributed by atoms with Crippen molar-refractivity contribution in [3.8, 4) is 6.07 Å². The first-order valence-electron chi connectivity index (χ1n) is 5.45. The van der Waals surface area contributed by atoms with Crippen LogP contribution >= 0.6 is 0 Å². The van der Waals surface area contributed by atoms with Crippen molar-refractivity contribution in [3.05, 3.63) is 36.0 Å². The SMILES string of the molecule is N#Cc1ccc2ccn(CCCCO)c2c1. The van der Waals surface area contributed by atoms with Crippen LogP contribution in [0.2, 0.25) is 0 Å². The molecule has 0 unspecified atom stereocenters. The number of nitriles is 1. The summed E-state index contributed by atoms with van der Waals surface area (Å²) >= 11 is 0. The first-order valence-corrected chi connectivity index (χ1v) is 5.45. The highest BCUT2D eigenvalue weighted by Crippen LogP contribution is 2.17. The van der Waals surface area contributed by atoms with Gasteiger partial charge in [-0.1, -0.05) is 6.07 Å². The third-order valence-electron chi connectivity index (χ3n) is 2.71. The summed E-state index contributed by atoms with van der Waals surface area (Å²) in [6.45, 7) is 1.13. The lowest BCUT2D eigenvalue weighted by Gasteiger charge is -2.04. The Balaban J connectivity index is 2.28. The predicted octanol–water partition coefficient (Wildman–Crippen LogP) is 2.29. The minimum atomic E-state index is 0.239. The molecule has 3 heteroatoms. The van der Waals surface area contributed by atoms with Gasteiger partial charge in [-0.15, -0.1) is 0 Å². The smallest absolute Gasteiger partial charge is 0.0992 e. The number of hydrogen-bond donors (Lipinski definition) is 1. The van der Waals surface area contributed by atoms with E-state index in [-0.39, 0.29) is 6.61 Å². The Morgan fingerprint density at radius 3 is 2.88 bits per heavy atom. The quantitative estimate of drug-likeness (QED) is 0.794. The number of aryl methyl sites for hydroxylation is 1. The zero-order valence-electron chi connectivity index (χ0n) is 9.06. The van der Waals surface area contributed by atoms with Crippen molar-refractivity contribution in [3.63, 3.8) is 0 Å². The molecule has 0 amide bonds. The Labute approximate surface area is 94.5 Å². The molecule has 1 heterocycles. The Morgan fingerprint density at radius 1 is 1.25 bits per heavy atom. The lowest BCUT2D eigenvalue weighted by Crippen LogP contribution is -1.97. The van der Waals surface area contributed by atoms with Gasteiger partial charge in [-0.25, -0.2) is 0 Å². The number of aliphatic hydroxyl groups excluding tert-OH is 1. The van der Waals surface area contributed by atoms with Gasteiger partial charge in [0.15, 0.2) is 0 Å². The van der Waals surface area contributed by atoms with Crippen molar-refractivity contribution < 1.29 is 5.11 Å². The normalized spacial score (nSPS) is 10.5. The van der Waals surface area contributed by atoms with Crippen LogP contribution in [0.3, 0.4) is 0 Å². The van der Waals surface area contributed by atoms with Crippen LogP contribution in [0.25, 0.3) is 10.9 Å². The third kappa shape index (κ3) is 2.07. The molecule has 0 atom stereocenters. The van der Waals surface area contributed by atoms with Crippen molar-refractivity contribution in [2.45, 2.75) is 19.4 Å². The molecule has 0 aliphatic carbocycles. The van der Waals surface area contributed by atoms with Gasteiger partial charge in [0, 0.05) is 24.9 Å². The van der Waals surface area contributed by atoms with E-state index in [9.17, 15) is 0 Å². The zero-order valence-corrected chi connectivity index (χ0v) is 9.06. The minimum Gasteiger partial charge on any atom is -0.396 e. The van der Waals surface area contributed by atoms with E-state index in [0.717, 1.165) is 30.3 Å². The fraction of sp³-hybridized carbons (Fsp3) is 0.308. The summed E-state index contributed by atoms with van der Waals surface area (Å²) in [5.74, 6) is 0. The first kappa shape index (κ1) is 10.7. The number of benzene rings is 1. The molecule has 0 fully saturated rings. The van der Waals surface area contributed by atoms with Crippen molar-refractivity contribution in [2.75, 3.05) is 6.61 Å². The third-order valence-corrected chi connectivity index (χ3v) is 2.71. The van der Waals surface area contributed by atoms with E-state index in [2.05, 4.69) is 16.7 Å². The van der Waals surface area contributed by atoms with Gasteiger partial charge in [0.05, 0.1) is 11.6 Å². The zero-order chi connectivity index (χ0) is 11.4. The molecule has 1 N–H and O–H groups in total. The van der Waals surface area contributed by atoms with Gasteiger partial charge in [-0.3, -0.25) is 0 Å². The van der Waals surface area contributed by atoms with Crippen molar-refractivity contribution in [1.82, 2.24) is 4.57 Å². The average Bonchev–Trinajstić information content (AvgIpc) is 2.72. The molecule has 0 bridgehead atoms. The second kappa shape index (κ2) is 4.82. The highest BCUT2D eigenvalue weighted by atomic mass is 16.2. The standard InChI is InChI=1S/C13H14N2O/c14-10-11-3-4-12-5-7-15(13(12)9-11)6-1-2-8-16/h3-5,7,9,16H,1-2,6,8H2. The number of rotatable bonds is 4. The van der Waals surface area contributed by atoms with Crippen LogP contribution in [-0.2, 0) is 6.54 Å². The van der Waals surface area contributed by atoms with E-state index in [1.54, 1.807) is 0 Å². The lowest BCUT2D eigenvalue weighted by atomic mass is 10.2.